The monoisotopic (exact) mass is 309 g/mol. The zero-order valence-electron chi connectivity index (χ0n) is 11.2. The molecule has 0 unspecified atom stereocenters. The van der Waals surface area contributed by atoms with Gasteiger partial charge in [0.15, 0.2) is 0 Å². The predicted molar refractivity (Wildman–Crippen MR) is 75.1 cm³/mol. The molecule has 3 amide bonds. The molecule has 2 aliphatic rings. The summed E-state index contributed by atoms with van der Waals surface area (Å²) in [5.41, 5.74) is 1.11. The fourth-order valence-electron chi connectivity index (χ4n) is 2.94. The van der Waals surface area contributed by atoms with Crippen LogP contribution in [0.4, 0.5) is 4.79 Å². The van der Waals surface area contributed by atoms with Crippen molar-refractivity contribution in [1.82, 2.24) is 15.5 Å². The molecule has 0 spiro atoms. The Morgan fingerprint density at radius 3 is 3.10 bits per heavy atom. The topological polar surface area (TPSA) is 98.7 Å². The molecule has 2 atom stereocenters. The van der Waals surface area contributed by atoms with Crippen LogP contribution in [0.1, 0.15) is 22.9 Å². The number of aliphatic carboxylic acids is 1. The Kier molecular flexibility index (Phi) is 3.54. The Labute approximate surface area is 124 Å². The minimum absolute atomic E-state index is 0.102. The van der Waals surface area contributed by atoms with E-state index in [9.17, 15) is 14.4 Å². The highest BCUT2D eigenvalue weighted by Gasteiger charge is 2.43. The molecule has 1 saturated heterocycles. The van der Waals surface area contributed by atoms with E-state index in [2.05, 4.69) is 10.6 Å². The highest BCUT2D eigenvalue weighted by atomic mass is 32.1. The summed E-state index contributed by atoms with van der Waals surface area (Å²) in [6, 6.07) is 0.982. The summed E-state index contributed by atoms with van der Waals surface area (Å²) < 4.78 is 0. The fourth-order valence-corrected chi connectivity index (χ4v) is 3.91. The summed E-state index contributed by atoms with van der Waals surface area (Å²) in [5, 5.41) is 15.8. The zero-order valence-corrected chi connectivity index (χ0v) is 12.0. The van der Waals surface area contributed by atoms with Gasteiger partial charge in [0.1, 0.15) is 12.6 Å². The lowest BCUT2D eigenvalue weighted by atomic mass is 9.91. The van der Waals surface area contributed by atoms with Crippen molar-refractivity contribution in [2.75, 3.05) is 13.1 Å². The maximum absolute atomic E-state index is 12.2. The van der Waals surface area contributed by atoms with E-state index in [1.54, 1.807) is 16.2 Å². The first-order valence-corrected chi connectivity index (χ1v) is 7.58. The number of amides is 3. The number of carbonyl (C=O) groups excluding carboxylic acids is 2. The van der Waals surface area contributed by atoms with Gasteiger partial charge in [-0.3, -0.25) is 9.59 Å². The van der Waals surface area contributed by atoms with Gasteiger partial charge in [0.25, 0.3) is 0 Å². The molecule has 2 aliphatic heterocycles. The van der Waals surface area contributed by atoms with E-state index < -0.39 is 24.5 Å². The van der Waals surface area contributed by atoms with Gasteiger partial charge in [-0.15, -0.1) is 11.3 Å². The maximum atomic E-state index is 12.2. The number of carboxylic acids is 1. The van der Waals surface area contributed by atoms with Crippen LogP contribution in [-0.4, -0.2) is 47.0 Å². The number of fused-ring (bicyclic) bond motifs is 3. The number of thiophene rings is 1. The van der Waals surface area contributed by atoms with Crippen LogP contribution in [-0.2, 0) is 16.0 Å². The number of rotatable bonds is 3. The Hall–Kier alpha value is -2.09. The highest BCUT2D eigenvalue weighted by molar-refractivity contribution is 7.10. The molecule has 112 valence electrons. The molecule has 1 fully saturated rings. The van der Waals surface area contributed by atoms with Crippen molar-refractivity contribution in [2.45, 2.75) is 24.9 Å². The van der Waals surface area contributed by atoms with Crippen molar-refractivity contribution in [3.05, 3.63) is 21.9 Å². The van der Waals surface area contributed by atoms with Crippen LogP contribution < -0.4 is 10.6 Å². The third kappa shape index (κ3) is 2.46. The summed E-state index contributed by atoms with van der Waals surface area (Å²) in [6.07, 6.45) is 1.18. The molecule has 0 aliphatic carbocycles. The lowest BCUT2D eigenvalue weighted by Gasteiger charge is -2.43. The van der Waals surface area contributed by atoms with Gasteiger partial charge in [-0.25, -0.2) is 4.79 Å². The molecule has 0 aromatic carbocycles. The van der Waals surface area contributed by atoms with Crippen molar-refractivity contribution in [3.63, 3.8) is 0 Å². The number of urea groups is 1. The van der Waals surface area contributed by atoms with Gasteiger partial charge in [0.2, 0.25) is 5.91 Å². The normalized spacial score (nSPS) is 23.8. The number of carbonyl (C=O) groups is 3. The molecule has 21 heavy (non-hydrogen) atoms. The molecular weight excluding hydrogens is 294 g/mol. The summed E-state index contributed by atoms with van der Waals surface area (Å²) in [7, 11) is 0. The molecule has 7 nitrogen and oxygen atoms in total. The van der Waals surface area contributed by atoms with Crippen LogP contribution in [0.25, 0.3) is 0 Å². The largest absolute Gasteiger partial charge is 0.480 e. The van der Waals surface area contributed by atoms with Crippen LogP contribution in [0.15, 0.2) is 11.4 Å². The van der Waals surface area contributed by atoms with Crippen LogP contribution >= 0.6 is 11.3 Å². The van der Waals surface area contributed by atoms with E-state index in [0.717, 1.165) is 16.9 Å². The molecule has 8 heteroatoms. The number of hydrogen-bond acceptors (Lipinski definition) is 4. The SMILES string of the molecule is O=C(O)CNC(=O)[C@@H]1Cc2sccc2[C@H]2CCNC(=O)N21. The van der Waals surface area contributed by atoms with Crippen molar-refractivity contribution in [3.8, 4) is 0 Å². The van der Waals surface area contributed by atoms with Crippen molar-refractivity contribution in [2.24, 2.45) is 0 Å². The Morgan fingerprint density at radius 2 is 2.33 bits per heavy atom. The van der Waals surface area contributed by atoms with E-state index in [4.69, 9.17) is 5.11 Å². The second-order valence-corrected chi connectivity index (χ2v) is 6.07. The molecular formula is C13H15N3O4S. The number of nitrogens with zero attached hydrogens (tertiary/aromatic N) is 1. The van der Waals surface area contributed by atoms with Crippen LogP contribution in [0.5, 0.6) is 0 Å². The van der Waals surface area contributed by atoms with Gasteiger partial charge < -0.3 is 20.6 Å². The molecule has 3 N–H and O–H groups in total. The van der Waals surface area contributed by atoms with Crippen LogP contribution in [0.3, 0.4) is 0 Å². The second kappa shape index (κ2) is 5.36. The van der Waals surface area contributed by atoms with Gasteiger partial charge >= 0.3 is 12.0 Å². The first-order chi connectivity index (χ1) is 10.1. The van der Waals surface area contributed by atoms with Gasteiger partial charge in [0.05, 0.1) is 6.04 Å². The maximum Gasteiger partial charge on any atom is 0.322 e. The van der Waals surface area contributed by atoms with Crippen molar-refractivity contribution >= 4 is 29.2 Å². The van der Waals surface area contributed by atoms with Crippen molar-refractivity contribution < 1.29 is 19.5 Å². The van der Waals surface area contributed by atoms with Crippen molar-refractivity contribution in [1.29, 1.82) is 0 Å². The average Bonchev–Trinajstić information content (AvgIpc) is 2.92. The van der Waals surface area contributed by atoms with E-state index in [-0.39, 0.29) is 12.1 Å². The third-order valence-corrected chi connectivity index (χ3v) is 4.79. The fraction of sp³-hybridized carbons (Fsp3) is 0.462. The summed E-state index contributed by atoms with van der Waals surface area (Å²) in [5.74, 6) is -1.52. The second-order valence-electron chi connectivity index (χ2n) is 5.07. The standard InChI is InChI=1S/C13H15N3O4S/c17-11(18)6-15-12(19)9-5-10-7(2-4-21-10)8-1-3-14-13(20)16(8)9/h2,4,8-9H,1,3,5-6H2,(H,14,20)(H,15,19)(H,17,18)/t8-,9+/m1/s1. The lowest BCUT2D eigenvalue weighted by molar-refractivity contribution is -0.138. The molecule has 1 aromatic heterocycles. The van der Waals surface area contributed by atoms with E-state index >= 15 is 0 Å². The quantitative estimate of drug-likeness (QED) is 0.749. The van der Waals surface area contributed by atoms with Crippen LogP contribution in [0.2, 0.25) is 0 Å². The Bertz CT molecular complexity index is 600. The predicted octanol–water partition coefficient (Wildman–Crippen LogP) is 0.330. The van der Waals surface area contributed by atoms with Gasteiger partial charge in [0, 0.05) is 17.8 Å². The third-order valence-electron chi connectivity index (χ3n) is 3.83. The molecule has 0 saturated carbocycles. The molecule has 3 rings (SSSR count). The Morgan fingerprint density at radius 1 is 1.52 bits per heavy atom. The van der Waals surface area contributed by atoms with E-state index in [0.29, 0.717) is 13.0 Å². The zero-order chi connectivity index (χ0) is 15.0. The highest BCUT2D eigenvalue weighted by Crippen LogP contribution is 2.39. The Balaban J connectivity index is 1.87. The summed E-state index contributed by atoms with van der Waals surface area (Å²) >= 11 is 1.57. The van der Waals surface area contributed by atoms with Gasteiger partial charge in [-0.2, -0.15) is 0 Å². The minimum atomic E-state index is -1.10. The summed E-state index contributed by atoms with van der Waals surface area (Å²) in [4.78, 5) is 37.6. The van der Waals surface area contributed by atoms with E-state index in [1.807, 2.05) is 11.4 Å². The average molecular weight is 309 g/mol. The van der Waals surface area contributed by atoms with E-state index in [1.165, 1.54) is 0 Å². The molecule has 0 bridgehead atoms. The summed E-state index contributed by atoms with van der Waals surface area (Å²) in [6.45, 7) is 0.144. The van der Waals surface area contributed by atoms with Gasteiger partial charge in [-0.1, -0.05) is 0 Å². The van der Waals surface area contributed by atoms with Gasteiger partial charge in [-0.05, 0) is 23.4 Å². The first-order valence-electron chi connectivity index (χ1n) is 6.70. The van der Waals surface area contributed by atoms with Crippen LogP contribution in [0, 0.1) is 0 Å². The first kappa shape index (κ1) is 13.9. The minimum Gasteiger partial charge on any atom is -0.480 e. The number of carboxylic acid groups (broad SMARTS) is 1. The molecule has 0 radical (unpaired) electrons. The smallest absolute Gasteiger partial charge is 0.322 e. The number of nitrogens with one attached hydrogen (secondary N) is 2. The number of hydrogen-bond donors (Lipinski definition) is 3. The molecule has 1 aromatic rings. The lowest BCUT2D eigenvalue weighted by Crippen LogP contribution is -2.60. The molecule has 3 heterocycles.